The molecule has 0 aromatic carbocycles. The molecule has 0 saturated heterocycles. The van der Waals surface area contributed by atoms with E-state index in [-0.39, 0.29) is 5.84 Å². The Bertz CT molecular complexity index is 466. The van der Waals surface area contributed by atoms with Crippen LogP contribution in [0.4, 0.5) is 0 Å². The summed E-state index contributed by atoms with van der Waals surface area (Å²) in [5.41, 5.74) is -1.17. The molecule has 0 aliphatic carbocycles. The summed E-state index contributed by atoms with van der Waals surface area (Å²) in [6, 6.07) is 5.18. The van der Waals surface area contributed by atoms with Crippen molar-refractivity contribution < 1.29 is 9.95 Å². The molecule has 0 amide bonds. The first-order valence-electron chi connectivity index (χ1n) is 5.53. The second kappa shape index (κ2) is 3.43. The van der Waals surface area contributed by atoms with E-state index in [0.717, 1.165) is 9.80 Å². The first-order chi connectivity index (χ1) is 7.80. The summed E-state index contributed by atoms with van der Waals surface area (Å²) >= 11 is 0. The minimum absolute atomic E-state index is 0.0839. The van der Waals surface area contributed by atoms with E-state index in [9.17, 15) is 10.4 Å². The van der Waals surface area contributed by atoms with E-state index < -0.39 is 11.1 Å². The van der Waals surface area contributed by atoms with Crippen LogP contribution in [0.5, 0.6) is 0 Å². The largest absolute Gasteiger partial charge is 0.714 e. The van der Waals surface area contributed by atoms with Crippen LogP contribution in [0.25, 0.3) is 0 Å². The van der Waals surface area contributed by atoms with Gasteiger partial charge in [-0.1, -0.05) is 11.1 Å². The topological polar surface area (TPSA) is 62.1 Å². The fraction of sp³-hybridized carbons (Fsp3) is 0.500. The lowest BCUT2D eigenvalue weighted by Crippen LogP contribution is -2.53. The number of nitrogens with zero attached hydrogens (tertiary/aromatic N) is 3. The number of hydrogen-bond donors (Lipinski definition) is 0. The zero-order chi connectivity index (χ0) is 12.8. The van der Waals surface area contributed by atoms with E-state index in [2.05, 4.69) is 4.98 Å². The molecule has 1 aliphatic rings. The molecule has 5 heteroatoms. The predicted molar refractivity (Wildman–Crippen MR) is 62.7 cm³/mol. The van der Waals surface area contributed by atoms with Crippen molar-refractivity contribution in [2.45, 2.75) is 38.8 Å². The van der Waals surface area contributed by atoms with Crippen LogP contribution < -0.4 is 0 Å². The summed E-state index contributed by atoms with van der Waals surface area (Å²) in [6.45, 7) is 7.06. The van der Waals surface area contributed by atoms with E-state index >= 15 is 0 Å². The van der Waals surface area contributed by atoms with Crippen LogP contribution in [0, 0.1) is 5.21 Å². The SMILES string of the molecule is CC1(C)N([O])C(c2ccccn2)=[N+]([O-])C1(C)C. The van der Waals surface area contributed by atoms with Crippen molar-refractivity contribution in [2.24, 2.45) is 0 Å². The second-order valence-corrected chi connectivity index (χ2v) is 5.25. The summed E-state index contributed by atoms with van der Waals surface area (Å²) in [4.78, 5) is 4.07. The monoisotopic (exact) mass is 234 g/mol. The van der Waals surface area contributed by atoms with Crippen molar-refractivity contribution in [2.75, 3.05) is 0 Å². The van der Waals surface area contributed by atoms with Crippen molar-refractivity contribution >= 4 is 5.84 Å². The highest BCUT2D eigenvalue weighted by Gasteiger charge is 2.60. The Kier molecular flexibility index (Phi) is 2.39. The molecular weight excluding hydrogens is 218 g/mol. The molecule has 0 bridgehead atoms. The lowest BCUT2D eigenvalue weighted by molar-refractivity contribution is -0.539. The van der Waals surface area contributed by atoms with Gasteiger partial charge in [0, 0.05) is 11.4 Å². The zero-order valence-electron chi connectivity index (χ0n) is 10.5. The molecule has 0 spiro atoms. The number of rotatable bonds is 1. The molecule has 0 saturated carbocycles. The highest BCUT2D eigenvalue weighted by atomic mass is 16.5. The van der Waals surface area contributed by atoms with Crippen LogP contribution in [-0.4, -0.2) is 31.7 Å². The maximum absolute atomic E-state index is 12.3. The van der Waals surface area contributed by atoms with Crippen LogP contribution in [0.1, 0.15) is 33.4 Å². The van der Waals surface area contributed by atoms with Gasteiger partial charge in [-0.2, -0.15) is 0 Å². The van der Waals surface area contributed by atoms with Crippen molar-refractivity contribution in [3.8, 4) is 0 Å². The summed E-state index contributed by atoms with van der Waals surface area (Å²) in [7, 11) is 0. The normalized spacial score (nSPS) is 22.1. The lowest BCUT2D eigenvalue weighted by Gasteiger charge is -2.32. The standard InChI is InChI=1S/C12H16N3O2/c1-11(2)12(3,4)15(17)10(14(11)16)9-7-5-6-8-13-9/h5-8H,1-4H3. The van der Waals surface area contributed by atoms with Gasteiger partial charge in [0.15, 0.2) is 11.2 Å². The Balaban J connectivity index is 2.59. The third kappa shape index (κ3) is 1.42. The first kappa shape index (κ1) is 11.9. The van der Waals surface area contributed by atoms with Gasteiger partial charge in [0.2, 0.25) is 0 Å². The maximum atomic E-state index is 12.3. The fourth-order valence-corrected chi connectivity index (χ4v) is 1.81. The van der Waals surface area contributed by atoms with Gasteiger partial charge in [0.1, 0.15) is 5.54 Å². The predicted octanol–water partition coefficient (Wildman–Crippen LogP) is 1.56. The average Bonchev–Trinajstić information content (AvgIpc) is 2.40. The summed E-state index contributed by atoms with van der Waals surface area (Å²) in [5, 5.41) is 25.3. The quantitative estimate of drug-likeness (QED) is 0.547. The third-order valence-electron chi connectivity index (χ3n) is 3.79. The van der Waals surface area contributed by atoms with E-state index in [1.54, 1.807) is 52.1 Å². The summed E-state index contributed by atoms with van der Waals surface area (Å²) in [5.74, 6) is 0.0839. The molecule has 91 valence electrons. The molecule has 2 heterocycles. The van der Waals surface area contributed by atoms with Gasteiger partial charge in [-0.25, -0.2) is 4.98 Å². The minimum Gasteiger partial charge on any atom is -0.714 e. The van der Waals surface area contributed by atoms with Crippen molar-refractivity contribution in [1.29, 1.82) is 0 Å². The second-order valence-electron chi connectivity index (χ2n) is 5.25. The lowest BCUT2D eigenvalue weighted by atomic mass is 9.84. The molecule has 0 unspecified atom stereocenters. The van der Waals surface area contributed by atoms with Crippen LogP contribution >= 0.6 is 0 Å². The molecule has 0 atom stereocenters. The van der Waals surface area contributed by atoms with Gasteiger partial charge in [0.25, 0.3) is 0 Å². The van der Waals surface area contributed by atoms with Gasteiger partial charge < -0.3 is 5.21 Å². The Morgan fingerprint density at radius 1 is 1.29 bits per heavy atom. The summed E-state index contributed by atoms with van der Waals surface area (Å²) in [6.07, 6.45) is 1.57. The van der Waals surface area contributed by atoms with Crippen LogP contribution in [0.15, 0.2) is 24.4 Å². The minimum atomic E-state index is -0.790. The third-order valence-corrected chi connectivity index (χ3v) is 3.79. The van der Waals surface area contributed by atoms with Crippen molar-refractivity contribution in [1.82, 2.24) is 10.0 Å². The first-order valence-corrected chi connectivity index (χ1v) is 5.53. The van der Waals surface area contributed by atoms with Crippen molar-refractivity contribution in [3.05, 3.63) is 35.3 Å². The van der Waals surface area contributed by atoms with Gasteiger partial charge in [-0.15, -0.1) is 0 Å². The van der Waals surface area contributed by atoms with Crippen LogP contribution in [0.2, 0.25) is 0 Å². The van der Waals surface area contributed by atoms with Crippen LogP contribution in [-0.2, 0) is 5.21 Å². The molecule has 1 aliphatic heterocycles. The van der Waals surface area contributed by atoms with Crippen molar-refractivity contribution in [3.63, 3.8) is 0 Å². The summed E-state index contributed by atoms with van der Waals surface area (Å²) < 4.78 is 0.766. The van der Waals surface area contributed by atoms with Crippen LogP contribution in [0.3, 0.4) is 0 Å². The Hall–Kier alpha value is -1.62. The highest BCUT2D eigenvalue weighted by Crippen LogP contribution is 2.36. The van der Waals surface area contributed by atoms with E-state index in [1.165, 1.54) is 0 Å². The maximum Gasteiger partial charge on any atom is 0.335 e. The average molecular weight is 234 g/mol. The number of hydroxylamine groups is 3. The molecule has 0 fully saturated rings. The van der Waals surface area contributed by atoms with Gasteiger partial charge in [0.05, 0.1) is 0 Å². The van der Waals surface area contributed by atoms with Gasteiger partial charge in [-0.05, 0) is 39.8 Å². The Labute approximate surface area is 101 Å². The fourth-order valence-electron chi connectivity index (χ4n) is 1.81. The highest BCUT2D eigenvalue weighted by molar-refractivity contribution is 5.94. The smallest absolute Gasteiger partial charge is 0.335 e. The number of pyridine rings is 1. The Morgan fingerprint density at radius 2 is 1.94 bits per heavy atom. The van der Waals surface area contributed by atoms with Gasteiger partial charge in [-0.3, -0.25) is 4.74 Å². The molecule has 1 aromatic heterocycles. The number of hydrogen-bond acceptors (Lipinski definition) is 3. The van der Waals surface area contributed by atoms with E-state index in [4.69, 9.17) is 0 Å². The van der Waals surface area contributed by atoms with Gasteiger partial charge >= 0.3 is 5.84 Å². The molecule has 0 N–H and O–H groups in total. The number of amidine groups is 1. The molecular formula is C12H16N3O2. The number of aromatic nitrogens is 1. The molecule has 1 aromatic rings. The zero-order valence-corrected chi connectivity index (χ0v) is 10.5. The molecule has 2 rings (SSSR count). The van der Waals surface area contributed by atoms with E-state index in [0.29, 0.717) is 5.69 Å². The Morgan fingerprint density at radius 3 is 2.35 bits per heavy atom. The molecule has 1 radical (unpaired) electrons. The molecule has 17 heavy (non-hydrogen) atoms. The molecule has 5 nitrogen and oxygen atoms in total. The van der Waals surface area contributed by atoms with E-state index in [1.807, 2.05) is 0 Å².